The first-order valence-corrected chi connectivity index (χ1v) is 6.61. The van der Waals surface area contributed by atoms with E-state index in [1.54, 1.807) is 0 Å². The van der Waals surface area contributed by atoms with Gasteiger partial charge in [-0.2, -0.15) is 0 Å². The lowest BCUT2D eigenvalue weighted by molar-refractivity contribution is -0.121. The van der Waals surface area contributed by atoms with Gasteiger partial charge in [-0.3, -0.25) is 4.79 Å². The van der Waals surface area contributed by atoms with Crippen LogP contribution in [0.1, 0.15) is 39.5 Å². The minimum absolute atomic E-state index is 0.136. The predicted octanol–water partition coefficient (Wildman–Crippen LogP) is 0.962. The highest BCUT2D eigenvalue weighted by Crippen LogP contribution is 2.14. The molecule has 1 aliphatic heterocycles. The molecule has 4 heteroatoms. The first kappa shape index (κ1) is 14.5. The summed E-state index contributed by atoms with van der Waals surface area (Å²) in [6.45, 7) is 7.01. The largest absolute Gasteiger partial charge is 0.356 e. The lowest BCUT2D eigenvalue weighted by Crippen LogP contribution is -2.40. The number of hydrogen-bond donors (Lipinski definition) is 2. The third-order valence-corrected chi connectivity index (χ3v) is 3.31. The molecular weight excluding hydrogens is 214 g/mol. The van der Waals surface area contributed by atoms with Crippen molar-refractivity contribution < 1.29 is 4.79 Å². The molecule has 1 fully saturated rings. The Morgan fingerprint density at radius 3 is 2.82 bits per heavy atom. The Balaban J connectivity index is 2.15. The summed E-state index contributed by atoms with van der Waals surface area (Å²) in [5.41, 5.74) is 5.61. The van der Waals surface area contributed by atoms with E-state index in [1.807, 2.05) is 13.8 Å². The van der Waals surface area contributed by atoms with Crippen LogP contribution in [-0.2, 0) is 4.79 Å². The molecule has 17 heavy (non-hydrogen) atoms. The van der Waals surface area contributed by atoms with Crippen LogP contribution in [0.5, 0.6) is 0 Å². The average molecular weight is 241 g/mol. The van der Waals surface area contributed by atoms with E-state index in [0.29, 0.717) is 12.3 Å². The van der Waals surface area contributed by atoms with Gasteiger partial charge in [0.25, 0.3) is 0 Å². The highest BCUT2D eigenvalue weighted by atomic mass is 16.1. The van der Waals surface area contributed by atoms with Gasteiger partial charge in [0.15, 0.2) is 0 Å². The molecule has 100 valence electrons. The summed E-state index contributed by atoms with van der Waals surface area (Å²) < 4.78 is 0. The number of nitrogens with one attached hydrogen (secondary N) is 1. The highest BCUT2D eigenvalue weighted by molar-refractivity contribution is 5.75. The molecule has 0 aromatic heterocycles. The van der Waals surface area contributed by atoms with Crippen LogP contribution in [0.25, 0.3) is 0 Å². The third kappa shape index (κ3) is 6.64. The van der Waals surface area contributed by atoms with Crippen LogP contribution in [0.2, 0.25) is 0 Å². The Bertz CT molecular complexity index is 248. The molecule has 1 heterocycles. The monoisotopic (exact) mass is 241 g/mol. The maximum atomic E-state index is 11.6. The van der Waals surface area contributed by atoms with Crippen molar-refractivity contribution in [2.24, 2.45) is 11.7 Å². The molecule has 1 amide bonds. The van der Waals surface area contributed by atoms with Crippen molar-refractivity contribution in [2.75, 3.05) is 26.7 Å². The number of nitrogens with two attached hydrogens (primary N) is 1. The van der Waals surface area contributed by atoms with Crippen LogP contribution >= 0.6 is 0 Å². The zero-order chi connectivity index (χ0) is 12.9. The number of amides is 1. The summed E-state index contributed by atoms with van der Waals surface area (Å²) in [4.78, 5) is 14.0. The summed E-state index contributed by atoms with van der Waals surface area (Å²) >= 11 is 0. The molecule has 0 radical (unpaired) electrons. The predicted molar refractivity (Wildman–Crippen MR) is 70.7 cm³/mol. The first-order valence-electron chi connectivity index (χ1n) is 6.61. The average Bonchev–Trinajstić information content (AvgIpc) is 2.23. The van der Waals surface area contributed by atoms with Gasteiger partial charge >= 0.3 is 0 Å². The second kappa shape index (κ2) is 6.36. The van der Waals surface area contributed by atoms with E-state index in [1.165, 1.54) is 19.4 Å². The van der Waals surface area contributed by atoms with E-state index < -0.39 is 0 Å². The Labute approximate surface area is 105 Å². The van der Waals surface area contributed by atoms with E-state index >= 15 is 0 Å². The van der Waals surface area contributed by atoms with Gasteiger partial charge in [0.1, 0.15) is 0 Å². The molecule has 0 bridgehead atoms. The smallest absolute Gasteiger partial charge is 0.220 e. The Kier molecular flexibility index (Phi) is 5.40. The van der Waals surface area contributed by atoms with Gasteiger partial charge in [-0.05, 0) is 52.6 Å². The summed E-state index contributed by atoms with van der Waals surface area (Å²) in [6.07, 6.45) is 3.75. The zero-order valence-electron chi connectivity index (χ0n) is 11.5. The molecule has 4 nitrogen and oxygen atoms in total. The Hall–Kier alpha value is -0.610. The molecule has 1 saturated heterocycles. The number of hydrogen-bond acceptors (Lipinski definition) is 3. The Morgan fingerprint density at radius 2 is 2.24 bits per heavy atom. The molecule has 0 aromatic carbocycles. The van der Waals surface area contributed by atoms with Crippen molar-refractivity contribution in [2.45, 2.75) is 45.1 Å². The zero-order valence-corrected chi connectivity index (χ0v) is 11.5. The molecule has 1 unspecified atom stereocenters. The van der Waals surface area contributed by atoms with Crippen molar-refractivity contribution in [1.82, 2.24) is 10.2 Å². The van der Waals surface area contributed by atoms with E-state index in [0.717, 1.165) is 19.5 Å². The first-order chi connectivity index (χ1) is 7.87. The molecular formula is C13H27N3O. The fourth-order valence-electron chi connectivity index (χ4n) is 2.22. The molecule has 1 aliphatic rings. The normalized spacial score (nSPS) is 22.5. The van der Waals surface area contributed by atoms with Crippen molar-refractivity contribution in [3.63, 3.8) is 0 Å². The molecule has 1 rings (SSSR count). The molecule has 0 saturated carbocycles. The fourth-order valence-corrected chi connectivity index (χ4v) is 2.22. The quantitative estimate of drug-likeness (QED) is 0.754. The molecule has 0 spiro atoms. The van der Waals surface area contributed by atoms with Crippen LogP contribution in [0, 0.1) is 5.92 Å². The van der Waals surface area contributed by atoms with Crippen molar-refractivity contribution in [1.29, 1.82) is 0 Å². The van der Waals surface area contributed by atoms with E-state index in [9.17, 15) is 4.79 Å². The lowest BCUT2D eigenvalue weighted by atomic mass is 9.97. The topological polar surface area (TPSA) is 58.4 Å². The second-order valence-corrected chi connectivity index (χ2v) is 6.06. The van der Waals surface area contributed by atoms with Crippen LogP contribution in [-0.4, -0.2) is 43.0 Å². The SMILES string of the molecule is CN1CCCC(CNC(=O)CCC(C)(C)N)C1. The molecule has 3 N–H and O–H groups in total. The minimum Gasteiger partial charge on any atom is -0.356 e. The van der Waals surface area contributed by atoms with Crippen molar-refractivity contribution in [3.8, 4) is 0 Å². The van der Waals surface area contributed by atoms with Crippen molar-refractivity contribution in [3.05, 3.63) is 0 Å². The number of nitrogens with zero attached hydrogens (tertiary/aromatic N) is 1. The van der Waals surface area contributed by atoms with E-state index in [-0.39, 0.29) is 11.4 Å². The van der Waals surface area contributed by atoms with Crippen molar-refractivity contribution >= 4 is 5.91 Å². The van der Waals surface area contributed by atoms with Crippen LogP contribution in [0.3, 0.4) is 0 Å². The number of piperidine rings is 1. The number of likely N-dealkylation sites (tertiary alicyclic amines) is 1. The maximum absolute atomic E-state index is 11.6. The van der Waals surface area contributed by atoms with Gasteiger partial charge < -0.3 is 16.0 Å². The summed E-state index contributed by atoms with van der Waals surface area (Å²) in [6, 6.07) is 0. The van der Waals surface area contributed by atoms with Gasteiger partial charge in [-0.15, -0.1) is 0 Å². The van der Waals surface area contributed by atoms with Gasteiger partial charge in [0.2, 0.25) is 5.91 Å². The van der Waals surface area contributed by atoms with Gasteiger partial charge in [-0.1, -0.05) is 0 Å². The molecule has 1 atom stereocenters. The summed E-state index contributed by atoms with van der Waals surface area (Å²) in [7, 11) is 2.14. The lowest BCUT2D eigenvalue weighted by Gasteiger charge is -2.29. The van der Waals surface area contributed by atoms with Gasteiger partial charge in [0, 0.05) is 25.0 Å². The third-order valence-electron chi connectivity index (χ3n) is 3.31. The number of carbonyl (C=O) groups excluding carboxylic acids is 1. The molecule has 0 aromatic rings. The standard InChI is InChI=1S/C13H27N3O/c1-13(2,14)7-6-12(17)15-9-11-5-4-8-16(3)10-11/h11H,4-10,14H2,1-3H3,(H,15,17). The second-order valence-electron chi connectivity index (χ2n) is 6.06. The van der Waals surface area contributed by atoms with E-state index in [2.05, 4.69) is 17.3 Å². The Morgan fingerprint density at radius 1 is 1.53 bits per heavy atom. The molecule has 0 aliphatic carbocycles. The summed E-state index contributed by atoms with van der Waals surface area (Å²) in [5, 5.41) is 3.02. The highest BCUT2D eigenvalue weighted by Gasteiger charge is 2.18. The van der Waals surface area contributed by atoms with Crippen LogP contribution in [0.4, 0.5) is 0 Å². The number of rotatable bonds is 5. The summed E-state index contributed by atoms with van der Waals surface area (Å²) in [5.74, 6) is 0.750. The maximum Gasteiger partial charge on any atom is 0.220 e. The van der Waals surface area contributed by atoms with Gasteiger partial charge in [-0.25, -0.2) is 0 Å². The van der Waals surface area contributed by atoms with Gasteiger partial charge in [0.05, 0.1) is 0 Å². The van der Waals surface area contributed by atoms with Crippen LogP contribution < -0.4 is 11.1 Å². The minimum atomic E-state index is -0.248. The number of carbonyl (C=O) groups is 1. The fraction of sp³-hybridized carbons (Fsp3) is 0.923. The van der Waals surface area contributed by atoms with E-state index in [4.69, 9.17) is 5.73 Å². The van der Waals surface area contributed by atoms with Crippen LogP contribution in [0.15, 0.2) is 0 Å².